The lowest BCUT2D eigenvalue weighted by Gasteiger charge is -2.33. The summed E-state index contributed by atoms with van der Waals surface area (Å²) in [6.07, 6.45) is 4.91. The maximum atomic E-state index is 12.6. The lowest BCUT2D eigenvalue weighted by atomic mass is 9.93. The predicted molar refractivity (Wildman–Crippen MR) is 92.9 cm³/mol. The first-order chi connectivity index (χ1) is 12.1. The minimum absolute atomic E-state index is 0.00935. The van der Waals surface area contributed by atoms with Crippen LogP contribution in [0.15, 0.2) is 12.3 Å². The Morgan fingerprint density at radius 2 is 2.00 bits per heavy atom. The fourth-order valence-electron chi connectivity index (χ4n) is 3.88. The van der Waals surface area contributed by atoms with E-state index in [1.165, 1.54) is 10.6 Å². The number of carbonyl (C=O) groups excluding carboxylic acids is 2. The molecular weight excluding hydrogens is 320 g/mol. The van der Waals surface area contributed by atoms with E-state index in [4.69, 9.17) is 0 Å². The summed E-state index contributed by atoms with van der Waals surface area (Å²) in [7, 11) is 0. The van der Waals surface area contributed by atoms with E-state index in [9.17, 15) is 14.7 Å². The van der Waals surface area contributed by atoms with Gasteiger partial charge in [-0.2, -0.15) is 5.10 Å². The molecule has 1 unspecified atom stereocenters. The fourth-order valence-corrected chi connectivity index (χ4v) is 3.88. The van der Waals surface area contributed by atoms with Crippen LogP contribution < -0.4 is 0 Å². The van der Waals surface area contributed by atoms with Crippen LogP contribution in [0.4, 0.5) is 0 Å². The maximum absolute atomic E-state index is 12.6. The van der Waals surface area contributed by atoms with Crippen molar-refractivity contribution in [1.29, 1.82) is 0 Å². The molecule has 138 valence electrons. The third kappa shape index (κ3) is 4.03. The minimum atomic E-state index is -0.949. The van der Waals surface area contributed by atoms with E-state index in [-0.39, 0.29) is 18.4 Å². The molecule has 0 aliphatic carbocycles. The Balaban J connectivity index is 1.54. The van der Waals surface area contributed by atoms with Crippen molar-refractivity contribution in [3.8, 4) is 0 Å². The molecule has 1 aromatic heterocycles. The van der Waals surface area contributed by atoms with Crippen LogP contribution in [0.5, 0.6) is 0 Å². The van der Waals surface area contributed by atoms with Crippen molar-refractivity contribution in [2.24, 2.45) is 0 Å². The second kappa shape index (κ2) is 7.99. The van der Waals surface area contributed by atoms with Crippen molar-refractivity contribution in [2.75, 3.05) is 26.2 Å². The first kappa shape index (κ1) is 17.9. The molecule has 1 aromatic rings. The van der Waals surface area contributed by atoms with Gasteiger partial charge in [-0.3, -0.25) is 14.3 Å². The summed E-state index contributed by atoms with van der Waals surface area (Å²) in [6.45, 7) is 5.02. The highest BCUT2D eigenvalue weighted by atomic mass is 16.3. The smallest absolute Gasteiger partial charge is 0.251 e. The van der Waals surface area contributed by atoms with Crippen LogP contribution in [-0.2, 0) is 16.1 Å². The highest BCUT2D eigenvalue weighted by Gasteiger charge is 2.30. The molecule has 0 aromatic carbocycles. The van der Waals surface area contributed by atoms with Crippen LogP contribution in [0.2, 0.25) is 0 Å². The number of aryl methyl sites for hydroxylation is 1. The Morgan fingerprint density at radius 3 is 2.72 bits per heavy atom. The van der Waals surface area contributed by atoms with Crippen LogP contribution >= 0.6 is 0 Å². The van der Waals surface area contributed by atoms with Gasteiger partial charge in [-0.05, 0) is 45.1 Å². The molecule has 0 spiro atoms. The Kier molecular flexibility index (Phi) is 5.73. The molecule has 1 N–H and O–H groups in total. The summed E-state index contributed by atoms with van der Waals surface area (Å²) in [5.41, 5.74) is 1.25. The SMILES string of the molecule is CCn1nccc1C1CCN(C(=O)CN2CCCCC(O)C2=O)CC1. The van der Waals surface area contributed by atoms with E-state index >= 15 is 0 Å². The summed E-state index contributed by atoms with van der Waals surface area (Å²) < 4.78 is 2.03. The molecule has 0 radical (unpaired) electrons. The third-order valence-electron chi connectivity index (χ3n) is 5.39. The first-order valence-electron chi connectivity index (χ1n) is 9.36. The van der Waals surface area contributed by atoms with Gasteiger partial charge < -0.3 is 14.9 Å². The molecule has 25 heavy (non-hydrogen) atoms. The van der Waals surface area contributed by atoms with Crippen molar-refractivity contribution >= 4 is 11.8 Å². The van der Waals surface area contributed by atoms with Gasteiger partial charge in [0.25, 0.3) is 5.91 Å². The van der Waals surface area contributed by atoms with E-state index in [1.54, 1.807) is 0 Å². The van der Waals surface area contributed by atoms with E-state index in [0.29, 0.717) is 32.0 Å². The molecular formula is C18H28N4O3. The highest BCUT2D eigenvalue weighted by molar-refractivity contribution is 5.87. The fraction of sp³-hybridized carbons (Fsp3) is 0.722. The van der Waals surface area contributed by atoms with Gasteiger partial charge in [0.05, 0.1) is 6.54 Å². The number of hydrogen-bond acceptors (Lipinski definition) is 4. The van der Waals surface area contributed by atoms with Crippen LogP contribution in [-0.4, -0.2) is 68.8 Å². The Morgan fingerprint density at radius 1 is 1.24 bits per heavy atom. The number of rotatable bonds is 4. The van der Waals surface area contributed by atoms with Gasteiger partial charge in [0.2, 0.25) is 5.91 Å². The van der Waals surface area contributed by atoms with Gasteiger partial charge in [-0.1, -0.05) is 0 Å². The minimum Gasteiger partial charge on any atom is -0.383 e. The summed E-state index contributed by atoms with van der Waals surface area (Å²) in [5.74, 6) is 0.130. The van der Waals surface area contributed by atoms with Gasteiger partial charge in [-0.25, -0.2) is 0 Å². The maximum Gasteiger partial charge on any atom is 0.251 e. The molecule has 0 saturated carbocycles. The molecule has 2 fully saturated rings. The van der Waals surface area contributed by atoms with Crippen molar-refractivity contribution in [2.45, 2.75) is 57.6 Å². The molecule has 7 heteroatoms. The number of hydrogen-bond donors (Lipinski definition) is 1. The van der Waals surface area contributed by atoms with Crippen LogP contribution in [0.25, 0.3) is 0 Å². The van der Waals surface area contributed by atoms with E-state index in [2.05, 4.69) is 18.1 Å². The first-order valence-corrected chi connectivity index (χ1v) is 9.36. The second-order valence-electron chi connectivity index (χ2n) is 7.00. The largest absolute Gasteiger partial charge is 0.383 e. The number of aromatic nitrogens is 2. The zero-order valence-corrected chi connectivity index (χ0v) is 14.9. The molecule has 0 bridgehead atoms. The summed E-state index contributed by atoms with van der Waals surface area (Å²) in [6, 6.07) is 2.07. The summed E-state index contributed by atoms with van der Waals surface area (Å²) in [5, 5.41) is 14.2. The van der Waals surface area contributed by atoms with Gasteiger partial charge in [0.15, 0.2) is 0 Å². The van der Waals surface area contributed by atoms with E-state index < -0.39 is 6.10 Å². The molecule has 2 saturated heterocycles. The lowest BCUT2D eigenvalue weighted by Crippen LogP contribution is -2.47. The van der Waals surface area contributed by atoms with Crippen molar-refractivity contribution in [1.82, 2.24) is 19.6 Å². The lowest BCUT2D eigenvalue weighted by molar-refractivity contribution is -0.145. The average Bonchev–Trinajstić information content (AvgIpc) is 3.06. The second-order valence-corrected chi connectivity index (χ2v) is 7.00. The Hall–Kier alpha value is -1.89. The van der Waals surface area contributed by atoms with Crippen molar-refractivity contribution in [3.05, 3.63) is 18.0 Å². The molecule has 1 atom stereocenters. The van der Waals surface area contributed by atoms with Crippen LogP contribution in [0.3, 0.4) is 0 Å². The van der Waals surface area contributed by atoms with Crippen LogP contribution in [0, 0.1) is 0 Å². The normalized spacial score (nSPS) is 23.0. The number of amides is 2. The van der Waals surface area contributed by atoms with Gasteiger partial charge >= 0.3 is 0 Å². The number of aliphatic hydroxyl groups is 1. The number of piperidine rings is 1. The summed E-state index contributed by atoms with van der Waals surface area (Å²) >= 11 is 0. The third-order valence-corrected chi connectivity index (χ3v) is 5.39. The molecule has 2 aliphatic heterocycles. The number of nitrogens with zero attached hydrogens (tertiary/aromatic N) is 4. The van der Waals surface area contributed by atoms with Crippen molar-refractivity contribution in [3.63, 3.8) is 0 Å². The topological polar surface area (TPSA) is 78.7 Å². The van der Waals surface area contributed by atoms with Crippen molar-refractivity contribution < 1.29 is 14.7 Å². The van der Waals surface area contributed by atoms with Gasteiger partial charge in [0.1, 0.15) is 6.10 Å². The number of likely N-dealkylation sites (tertiary alicyclic amines) is 2. The number of carbonyl (C=O) groups is 2. The standard InChI is InChI=1S/C18H28N4O3/c1-2-22-15(6-9-19-22)14-7-11-20(12-8-14)17(24)13-21-10-4-3-5-16(23)18(21)25/h6,9,14,16,23H,2-5,7-8,10-13H2,1H3. The Bertz CT molecular complexity index is 607. The summed E-state index contributed by atoms with van der Waals surface area (Å²) in [4.78, 5) is 28.1. The molecule has 7 nitrogen and oxygen atoms in total. The number of aliphatic hydroxyl groups excluding tert-OH is 1. The van der Waals surface area contributed by atoms with Gasteiger partial charge in [0, 0.05) is 44.0 Å². The zero-order valence-electron chi connectivity index (χ0n) is 14.9. The Labute approximate surface area is 148 Å². The molecule has 3 rings (SSSR count). The monoisotopic (exact) mass is 348 g/mol. The van der Waals surface area contributed by atoms with Gasteiger partial charge in [-0.15, -0.1) is 0 Å². The quantitative estimate of drug-likeness (QED) is 0.880. The average molecular weight is 348 g/mol. The molecule has 2 aliphatic rings. The van der Waals surface area contributed by atoms with Crippen LogP contribution in [0.1, 0.15) is 50.6 Å². The zero-order chi connectivity index (χ0) is 17.8. The predicted octanol–water partition coefficient (Wildman–Crippen LogP) is 0.982. The van der Waals surface area contributed by atoms with E-state index in [1.807, 2.05) is 15.8 Å². The van der Waals surface area contributed by atoms with E-state index in [0.717, 1.165) is 32.2 Å². The molecule has 2 amide bonds. The highest BCUT2D eigenvalue weighted by Crippen LogP contribution is 2.28. The molecule has 3 heterocycles.